The van der Waals surface area contributed by atoms with Crippen LogP contribution in [0.4, 0.5) is 0 Å². The number of likely N-dealkylation sites (tertiary alicyclic amines) is 2. The van der Waals surface area contributed by atoms with E-state index in [1.807, 2.05) is 34.8 Å². The van der Waals surface area contributed by atoms with Crippen LogP contribution in [-0.4, -0.2) is 57.1 Å². The number of carbonyl (C=O) groups excluding carboxylic acids is 1. The Hall–Kier alpha value is -2.15. The van der Waals surface area contributed by atoms with Gasteiger partial charge < -0.3 is 14.0 Å². The van der Waals surface area contributed by atoms with Crippen LogP contribution < -0.4 is 0 Å². The van der Waals surface area contributed by atoms with Gasteiger partial charge in [-0.2, -0.15) is 4.98 Å². The van der Waals surface area contributed by atoms with Crippen LogP contribution in [0.5, 0.6) is 0 Å². The Labute approximate surface area is 160 Å². The second-order valence-corrected chi connectivity index (χ2v) is 8.58. The third-order valence-electron chi connectivity index (χ3n) is 6.27. The molecule has 2 aromatic heterocycles. The number of hydrogen-bond acceptors (Lipinski definition) is 5. The molecule has 0 aromatic carbocycles. The molecule has 1 unspecified atom stereocenters. The van der Waals surface area contributed by atoms with Crippen molar-refractivity contribution >= 4 is 5.91 Å². The molecule has 1 amide bonds. The first kappa shape index (κ1) is 18.2. The molecular weight excluding hydrogens is 342 g/mol. The lowest BCUT2D eigenvalue weighted by Crippen LogP contribution is -2.44. The van der Waals surface area contributed by atoms with E-state index in [1.54, 1.807) is 0 Å². The summed E-state index contributed by atoms with van der Waals surface area (Å²) in [5, 5.41) is 4.24. The van der Waals surface area contributed by atoms with Gasteiger partial charge in [0.1, 0.15) is 5.69 Å². The summed E-state index contributed by atoms with van der Waals surface area (Å²) in [4.78, 5) is 21.7. The zero-order chi connectivity index (χ0) is 19.2. The minimum atomic E-state index is 0.139. The van der Waals surface area contributed by atoms with E-state index in [0.717, 1.165) is 50.4 Å². The van der Waals surface area contributed by atoms with E-state index in [4.69, 9.17) is 4.52 Å². The van der Waals surface area contributed by atoms with Crippen LogP contribution in [0.15, 0.2) is 22.9 Å². The molecule has 0 bridgehead atoms. The SMILES string of the molecule is CC(C)c1nc(C2CC3(CCN(C(=O)c4cccn4C)CC3)CN2C)no1. The molecule has 4 rings (SSSR count). The van der Waals surface area contributed by atoms with Crippen molar-refractivity contribution in [3.05, 3.63) is 35.7 Å². The molecule has 1 spiro atoms. The smallest absolute Gasteiger partial charge is 0.270 e. The standard InChI is InChI=1S/C20H29N5O2/c1-14(2)18-21-17(22-27-18)16-12-20(13-24(16)4)7-10-25(11-8-20)19(26)15-6-5-9-23(15)3/h5-6,9,14,16H,7-8,10-13H2,1-4H3. The highest BCUT2D eigenvalue weighted by Crippen LogP contribution is 2.47. The molecule has 146 valence electrons. The number of hydrogen-bond donors (Lipinski definition) is 0. The van der Waals surface area contributed by atoms with E-state index in [0.29, 0.717) is 5.89 Å². The molecule has 0 N–H and O–H groups in total. The Morgan fingerprint density at radius 3 is 2.63 bits per heavy atom. The molecule has 2 aliphatic heterocycles. The summed E-state index contributed by atoms with van der Waals surface area (Å²) in [5.41, 5.74) is 1.00. The maximum absolute atomic E-state index is 12.8. The quantitative estimate of drug-likeness (QED) is 0.830. The Balaban J connectivity index is 1.42. The summed E-state index contributed by atoms with van der Waals surface area (Å²) in [6.07, 6.45) is 5.01. The molecule has 2 saturated heterocycles. The Morgan fingerprint density at radius 1 is 1.30 bits per heavy atom. The fourth-order valence-corrected chi connectivity index (χ4v) is 4.57. The van der Waals surface area contributed by atoms with Gasteiger partial charge in [0, 0.05) is 38.8 Å². The number of piperidine rings is 1. The first-order valence-corrected chi connectivity index (χ1v) is 9.83. The second kappa shape index (κ2) is 6.78. The van der Waals surface area contributed by atoms with Crippen LogP contribution in [-0.2, 0) is 7.05 Å². The van der Waals surface area contributed by atoms with Crippen molar-refractivity contribution in [2.24, 2.45) is 12.5 Å². The predicted octanol–water partition coefficient (Wildman–Crippen LogP) is 2.83. The van der Waals surface area contributed by atoms with Gasteiger partial charge in [0.2, 0.25) is 5.89 Å². The van der Waals surface area contributed by atoms with Gasteiger partial charge in [-0.1, -0.05) is 19.0 Å². The maximum atomic E-state index is 12.8. The third-order valence-corrected chi connectivity index (χ3v) is 6.27. The van der Waals surface area contributed by atoms with Crippen LogP contribution in [0.25, 0.3) is 0 Å². The summed E-state index contributed by atoms with van der Waals surface area (Å²) in [6.45, 7) is 6.78. The highest BCUT2D eigenvalue weighted by atomic mass is 16.5. The van der Waals surface area contributed by atoms with E-state index in [9.17, 15) is 4.79 Å². The molecule has 2 aliphatic rings. The van der Waals surface area contributed by atoms with Crippen LogP contribution in [0.2, 0.25) is 0 Å². The highest BCUT2D eigenvalue weighted by Gasteiger charge is 2.46. The number of carbonyl (C=O) groups is 1. The van der Waals surface area contributed by atoms with Gasteiger partial charge in [0.15, 0.2) is 5.82 Å². The van der Waals surface area contributed by atoms with Crippen LogP contribution in [0.3, 0.4) is 0 Å². The van der Waals surface area contributed by atoms with Crippen molar-refractivity contribution in [3.63, 3.8) is 0 Å². The topological polar surface area (TPSA) is 67.4 Å². The number of amides is 1. The van der Waals surface area contributed by atoms with Crippen LogP contribution in [0, 0.1) is 5.41 Å². The zero-order valence-corrected chi connectivity index (χ0v) is 16.7. The molecule has 7 nitrogen and oxygen atoms in total. The average Bonchev–Trinajstić information content (AvgIpc) is 3.34. The van der Waals surface area contributed by atoms with Crippen LogP contribution >= 0.6 is 0 Å². The molecule has 4 heterocycles. The van der Waals surface area contributed by atoms with E-state index in [1.165, 1.54) is 0 Å². The fourth-order valence-electron chi connectivity index (χ4n) is 4.57. The number of nitrogens with zero attached hydrogens (tertiary/aromatic N) is 5. The third kappa shape index (κ3) is 3.29. The van der Waals surface area contributed by atoms with Gasteiger partial charge in [0.25, 0.3) is 5.91 Å². The molecule has 2 aromatic rings. The summed E-state index contributed by atoms with van der Waals surface area (Å²) in [6, 6.07) is 4.02. The van der Waals surface area contributed by atoms with Gasteiger partial charge in [-0.25, -0.2) is 0 Å². The number of rotatable bonds is 3. The molecule has 27 heavy (non-hydrogen) atoms. The average molecular weight is 371 g/mol. The summed E-state index contributed by atoms with van der Waals surface area (Å²) in [5.74, 6) is 1.90. The number of aryl methyl sites for hydroxylation is 1. The molecule has 2 fully saturated rings. The van der Waals surface area contributed by atoms with Crippen molar-refractivity contribution < 1.29 is 9.32 Å². The number of aromatic nitrogens is 3. The Bertz CT molecular complexity index is 816. The largest absolute Gasteiger partial charge is 0.347 e. The molecule has 0 aliphatic carbocycles. The van der Waals surface area contributed by atoms with Crippen molar-refractivity contribution in [3.8, 4) is 0 Å². The van der Waals surface area contributed by atoms with Gasteiger partial charge >= 0.3 is 0 Å². The summed E-state index contributed by atoms with van der Waals surface area (Å²) in [7, 11) is 4.07. The van der Waals surface area contributed by atoms with Crippen molar-refractivity contribution in [2.45, 2.75) is 45.1 Å². The van der Waals surface area contributed by atoms with E-state index < -0.39 is 0 Å². The van der Waals surface area contributed by atoms with Crippen LogP contribution in [0.1, 0.15) is 67.3 Å². The van der Waals surface area contributed by atoms with Crippen molar-refractivity contribution in [1.82, 2.24) is 24.5 Å². The van der Waals surface area contributed by atoms with Gasteiger partial charge in [-0.15, -0.1) is 0 Å². The van der Waals surface area contributed by atoms with E-state index >= 15 is 0 Å². The summed E-state index contributed by atoms with van der Waals surface area (Å²) >= 11 is 0. The minimum Gasteiger partial charge on any atom is -0.347 e. The Kier molecular flexibility index (Phi) is 4.58. The predicted molar refractivity (Wildman–Crippen MR) is 101 cm³/mol. The Morgan fingerprint density at radius 2 is 2.04 bits per heavy atom. The van der Waals surface area contributed by atoms with Gasteiger partial charge in [-0.3, -0.25) is 9.69 Å². The maximum Gasteiger partial charge on any atom is 0.270 e. The fraction of sp³-hybridized carbons (Fsp3) is 0.650. The molecule has 0 saturated carbocycles. The lowest BCUT2D eigenvalue weighted by molar-refractivity contribution is 0.0584. The lowest BCUT2D eigenvalue weighted by Gasteiger charge is -2.39. The first-order valence-electron chi connectivity index (χ1n) is 9.83. The summed E-state index contributed by atoms with van der Waals surface area (Å²) < 4.78 is 7.32. The zero-order valence-electron chi connectivity index (χ0n) is 16.7. The molecule has 1 atom stereocenters. The van der Waals surface area contributed by atoms with E-state index in [2.05, 4.69) is 35.9 Å². The normalized spacial score (nSPS) is 22.9. The lowest BCUT2D eigenvalue weighted by atomic mass is 9.76. The molecule has 7 heteroatoms. The van der Waals surface area contributed by atoms with Gasteiger partial charge in [-0.05, 0) is 43.9 Å². The monoisotopic (exact) mass is 371 g/mol. The van der Waals surface area contributed by atoms with Crippen molar-refractivity contribution in [1.29, 1.82) is 0 Å². The van der Waals surface area contributed by atoms with E-state index in [-0.39, 0.29) is 23.3 Å². The van der Waals surface area contributed by atoms with Crippen molar-refractivity contribution in [2.75, 3.05) is 26.7 Å². The van der Waals surface area contributed by atoms with Gasteiger partial charge in [0.05, 0.1) is 6.04 Å². The first-order chi connectivity index (χ1) is 12.9. The molecular formula is C20H29N5O2. The second-order valence-electron chi connectivity index (χ2n) is 8.58. The minimum absolute atomic E-state index is 0.139. The molecule has 0 radical (unpaired) electrons. The highest BCUT2D eigenvalue weighted by molar-refractivity contribution is 5.92.